The minimum absolute atomic E-state index is 0.239. The lowest BCUT2D eigenvalue weighted by atomic mass is 9.88. The number of likely N-dealkylation sites (tertiary alicyclic amines) is 1. The lowest BCUT2D eigenvalue weighted by Gasteiger charge is -2.40. The van der Waals surface area contributed by atoms with Crippen LogP contribution in [0.4, 0.5) is 5.69 Å². The van der Waals surface area contributed by atoms with Crippen molar-refractivity contribution in [2.45, 2.75) is 32.5 Å². The molecule has 2 aliphatic rings. The maximum Gasteiger partial charge on any atom is 0.239 e. The molecule has 2 amide bonds. The van der Waals surface area contributed by atoms with Gasteiger partial charge in [-0.05, 0) is 26.0 Å². The number of nitrogens with zero attached hydrogens (tertiary/aromatic N) is 2. The second kappa shape index (κ2) is 7.06. The highest BCUT2D eigenvalue weighted by atomic mass is 16.7. The van der Waals surface area contributed by atoms with Crippen LogP contribution < -0.4 is 5.32 Å². The molecule has 0 aliphatic carbocycles. The number of ether oxygens (including phenoxy) is 2. The summed E-state index contributed by atoms with van der Waals surface area (Å²) in [4.78, 5) is 27.3. The lowest BCUT2D eigenvalue weighted by Crippen LogP contribution is -2.53. The zero-order chi connectivity index (χ0) is 18.8. The van der Waals surface area contributed by atoms with Gasteiger partial charge in [0, 0.05) is 25.9 Å². The summed E-state index contributed by atoms with van der Waals surface area (Å²) >= 11 is 0. The van der Waals surface area contributed by atoms with Gasteiger partial charge in [-0.2, -0.15) is 5.26 Å². The van der Waals surface area contributed by atoms with Gasteiger partial charge in [-0.1, -0.05) is 12.1 Å². The number of carbonyl (C=O) groups excluding carboxylic acids is 2. The summed E-state index contributed by atoms with van der Waals surface area (Å²) in [6.07, 6.45) is 1.21. The first-order valence-electron chi connectivity index (χ1n) is 8.76. The SMILES string of the molecule is CC(C)(C(=O)Nc1ccccc1C#N)C(=O)N1CCC2(CC1)OCCO2. The predicted molar refractivity (Wildman–Crippen MR) is 94.0 cm³/mol. The Kier molecular flexibility index (Phi) is 4.99. The fourth-order valence-electron chi connectivity index (χ4n) is 3.30. The van der Waals surface area contributed by atoms with E-state index in [0.717, 1.165) is 0 Å². The number of hydrogen-bond acceptors (Lipinski definition) is 5. The first-order valence-corrected chi connectivity index (χ1v) is 8.76. The topological polar surface area (TPSA) is 91.7 Å². The fraction of sp³-hybridized carbons (Fsp3) is 0.526. The Labute approximate surface area is 152 Å². The van der Waals surface area contributed by atoms with Gasteiger partial charge in [0.05, 0.1) is 24.5 Å². The Hall–Kier alpha value is -2.43. The van der Waals surface area contributed by atoms with Crippen molar-refractivity contribution in [2.24, 2.45) is 5.41 Å². The van der Waals surface area contributed by atoms with E-state index in [1.54, 1.807) is 43.0 Å². The van der Waals surface area contributed by atoms with Gasteiger partial charge < -0.3 is 19.7 Å². The average molecular weight is 357 g/mol. The van der Waals surface area contributed by atoms with Gasteiger partial charge in [0.15, 0.2) is 5.79 Å². The molecule has 0 saturated carbocycles. The van der Waals surface area contributed by atoms with Gasteiger partial charge >= 0.3 is 0 Å². The van der Waals surface area contributed by atoms with Crippen LogP contribution in [-0.2, 0) is 19.1 Å². The van der Waals surface area contributed by atoms with Gasteiger partial charge in [0.2, 0.25) is 11.8 Å². The molecule has 2 aliphatic heterocycles. The summed E-state index contributed by atoms with van der Waals surface area (Å²) in [7, 11) is 0. The molecule has 1 N–H and O–H groups in total. The van der Waals surface area contributed by atoms with Crippen LogP contribution in [0.3, 0.4) is 0 Å². The quantitative estimate of drug-likeness (QED) is 0.834. The minimum Gasteiger partial charge on any atom is -0.347 e. The summed E-state index contributed by atoms with van der Waals surface area (Å²) in [5.41, 5.74) is -0.476. The number of piperidine rings is 1. The van der Waals surface area contributed by atoms with E-state index in [-0.39, 0.29) is 5.91 Å². The number of benzene rings is 1. The van der Waals surface area contributed by atoms with E-state index in [9.17, 15) is 9.59 Å². The van der Waals surface area contributed by atoms with E-state index in [2.05, 4.69) is 5.32 Å². The van der Waals surface area contributed by atoms with E-state index >= 15 is 0 Å². The normalized spacial score (nSPS) is 19.2. The summed E-state index contributed by atoms with van der Waals surface area (Å²) in [5.74, 6) is -1.23. The van der Waals surface area contributed by atoms with Crippen molar-refractivity contribution < 1.29 is 19.1 Å². The van der Waals surface area contributed by atoms with E-state index in [1.807, 2.05) is 6.07 Å². The van der Waals surface area contributed by atoms with Crippen LogP contribution >= 0.6 is 0 Å². The maximum atomic E-state index is 12.9. The van der Waals surface area contributed by atoms with Crippen LogP contribution in [0, 0.1) is 16.7 Å². The Bertz CT molecular complexity index is 737. The lowest BCUT2D eigenvalue weighted by molar-refractivity contribution is -0.189. The van der Waals surface area contributed by atoms with Gasteiger partial charge in [-0.3, -0.25) is 9.59 Å². The standard InChI is InChI=1S/C19H23N3O4/c1-18(2,16(23)21-15-6-4-3-5-14(15)13-20)17(24)22-9-7-19(8-10-22)25-11-12-26-19/h3-6H,7-12H2,1-2H3,(H,21,23). The second-order valence-electron chi connectivity index (χ2n) is 7.14. The Morgan fingerprint density at radius 3 is 2.42 bits per heavy atom. The second-order valence-corrected chi connectivity index (χ2v) is 7.14. The number of anilines is 1. The van der Waals surface area contributed by atoms with E-state index < -0.39 is 17.1 Å². The molecule has 3 rings (SSSR count). The van der Waals surface area contributed by atoms with Crippen molar-refractivity contribution in [2.75, 3.05) is 31.6 Å². The molecule has 0 aromatic heterocycles. The number of rotatable bonds is 3. The van der Waals surface area contributed by atoms with E-state index in [0.29, 0.717) is 50.4 Å². The first kappa shape index (κ1) is 18.4. The minimum atomic E-state index is -1.25. The molecule has 2 heterocycles. The fourth-order valence-corrected chi connectivity index (χ4v) is 3.30. The molecule has 0 atom stereocenters. The van der Waals surface area contributed by atoms with Gasteiger partial charge in [-0.25, -0.2) is 0 Å². The van der Waals surface area contributed by atoms with Gasteiger partial charge in [-0.15, -0.1) is 0 Å². The molecule has 138 valence electrons. The third kappa shape index (κ3) is 3.43. The monoisotopic (exact) mass is 357 g/mol. The molecule has 0 unspecified atom stereocenters. The summed E-state index contributed by atoms with van der Waals surface area (Å²) < 4.78 is 11.4. The predicted octanol–water partition coefficient (Wildman–Crippen LogP) is 1.89. The van der Waals surface area contributed by atoms with Crippen molar-refractivity contribution in [1.82, 2.24) is 4.90 Å². The van der Waals surface area contributed by atoms with Crippen molar-refractivity contribution in [3.05, 3.63) is 29.8 Å². The largest absolute Gasteiger partial charge is 0.347 e. The van der Waals surface area contributed by atoms with Crippen molar-refractivity contribution in [1.29, 1.82) is 5.26 Å². The van der Waals surface area contributed by atoms with Gasteiger partial charge in [0.1, 0.15) is 11.5 Å². The number of nitriles is 1. The van der Waals surface area contributed by atoms with Gasteiger partial charge in [0.25, 0.3) is 0 Å². The molecule has 7 nitrogen and oxygen atoms in total. The van der Waals surface area contributed by atoms with Crippen molar-refractivity contribution >= 4 is 17.5 Å². The summed E-state index contributed by atoms with van der Waals surface area (Å²) in [6, 6.07) is 8.76. The van der Waals surface area contributed by atoms with Crippen molar-refractivity contribution in [3.63, 3.8) is 0 Å². The molecule has 1 spiro atoms. The molecular formula is C19H23N3O4. The molecule has 2 fully saturated rings. The molecular weight excluding hydrogens is 334 g/mol. The molecule has 0 radical (unpaired) electrons. The zero-order valence-corrected chi connectivity index (χ0v) is 15.1. The molecule has 7 heteroatoms. The molecule has 0 bridgehead atoms. The number of para-hydroxylation sites is 1. The van der Waals surface area contributed by atoms with Crippen molar-refractivity contribution in [3.8, 4) is 6.07 Å². The Morgan fingerprint density at radius 2 is 1.81 bits per heavy atom. The van der Waals surface area contributed by atoms with Crippen LogP contribution in [0.25, 0.3) is 0 Å². The van der Waals surface area contributed by atoms with Crippen LogP contribution in [0.2, 0.25) is 0 Å². The summed E-state index contributed by atoms with van der Waals surface area (Å²) in [6.45, 7) is 5.36. The van der Waals surface area contributed by atoms with E-state index in [4.69, 9.17) is 14.7 Å². The number of nitrogens with one attached hydrogen (secondary N) is 1. The number of hydrogen-bond donors (Lipinski definition) is 1. The third-order valence-corrected chi connectivity index (χ3v) is 5.02. The molecule has 2 saturated heterocycles. The highest BCUT2D eigenvalue weighted by Gasteiger charge is 2.45. The maximum absolute atomic E-state index is 12.9. The first-order chi connectivity index (χ1) is 12.4. The third-order valence-electron chi connectivity index (χ3n) is 5.02. The highest BCUT2D eigenvalue weighted by molar-refractivity contribution is 6.10. The van der Waals surface area contributed by atoms with Crippen LogP contribution in [0.5, 0.6) is 0 Å². The van der Waals surface area contributed by atoms with Crippen LogP contribution in [0.1, 0.15) is 32.3 Å². The Morgan fingerprint density at radius 1 is 1.19 bits per heavy atom. The number of carbonyl (C=O) groups is 2. The average Bonchev–Trinajstić information content (AvgIpc) is 3.10. The molecule has 1 aromatic carbocycles. The van der Waals surface area contributed by atoms with Crippen LogP contribution in [0.15, 0.2) is 24.3 Å². The smallest absolute Gasteiger partial charge is 0.239 e. The summed E-state index contributed by atoms with van der Waals surface area (Å²) in [5, 5.41) is 11.9. The van der Waals surface area contributed by atoms with E-state index in [1.165, 1.54) is 0 Å². The number of amides is 2. The highest BCUT2D eigenvalue weighted by Crippen LogP contribution is 2.33. The zero-order valence-electron chi connectivity index (χ0n) is 15.1. The van der Waals surface area contributed by atoms with Crippen LogP contribution in [-0.4, -0.2) is 48.8 Å². The molecule has 1 aromatic rings. The Balaban J connectivity index is 1.66. The molecule has 26 heavy (non-hydrogen) atoms.